The second kappa shape index (κ2) is 11.5. The van der Waals surface area contributed by atoms with E-state index in [2.05, 4.69) is 47.8 Å². The van der Waals surface area contributed by atoms with Crippen molar-refractivity contribution in [3.63, 3.8) is 0 Å². The van der Waals surface area contributed by atoms with Crippen LogP contribution in [-0.2, 0) is 14.3 Å². The summed E-state index contributed by atoms with van der Waals surface area (Å²) in [6, 6.07) is 0. The van der Waals surface area contributed by atoms with Crippen LogP contribution in [0.25, 0.3) is 0 Å². The highest BCUT2D eigenvalue weighted by atomic mass is 16.6. The van der Waals surface area contributed by atoms with E-state index in [1.165, 1.54) is 0 Å². The molecule has 1 heterocycles. The lowest BCUT2D eigenvalue weighted by Gasteiger charge is -1.97. The van der Waals surface area contributed by atoms with Gasteiger partial charge in [-0.25, -0.2) is 0 Å². The van der Waals surface area contributed by atoms with E-state index in [1.807, 2.05) is 18.2 Å². The lowest BCUT2D eigenvalue weighted by molar-refractivity contribution is -0.153. The first-order valence-electron chi connectivity index (χ1n) is 7.69. The molecular formula is C19H24O3. The molecule has 118 valence electrons. The number of cyclic esters (lactones) is 2. The smallest absolute Gasteiger partial charge is 0.317 e. The van der Waals surface area contributed by atoms with Crippen LogP contribution < -0.4 is 0 Å². The summed E-state index contributed by atoms with van der Waals surface area (Å²) in [6.07, 6.45) is 23.0. The van der Waals surface area contributed by atoms with Crippen molar-refractivity contribution in [2.45, 2.75) is 38.5 Å². The lowest BCUT2D eigenvalue weighted by Crippen LogP contribution is -2.05. The van der Waals surface area contributed by atoms with Gasteiger partial charge in [-0.3, -0.25) is 9.59 Å². The SMILES string of the molecule is C=CC/C=C/C/C=C/C/C=C/C/C=C/CC1CC(=O)OC1=O. The molecular weight excluding hydrogens is 276 g/mol. The largest absolute Gasteiger partial charge is 0.393 e. The van der Waals surface area contributed by atoms with Crippen LogP contribution >= 0.6 is 0 Å². The van der Waals surface area contributed by atoms with E-state index >= 15 is 0 Å². The molecule has 1 aliphatic rings. The zero-order chi connectivity index (χ0) is 16.0. The average molecular weight is 300 g/mol. The molecule has 0 aliphatic carbocycles. The molecule has 0 spiro atoms. The summed E-state index contributed by atoms with van der Waals surface area (Å²) in [6.45, 7) is 3.66. The lowest BCUT2D eigenvalue weighted by atomic mass is 10.0. The quantitative estimate of drug-likeness (QED) is 0.340. The Morgan fingerprint density at radius 3 is 1.82 bits per heavy atom. The molecule has 22 heavy (non-hydrogen) atoms. The van der Waals surface area contributed by atoms with Crippen LogP contribution in [0.2, 0.25) is 0 Å². The van der Waals surface area contributed by atoms with E-state index in [9.17, 15) is 9.59 Å². The van der Waals surface area contributed by atoms with Gasteiger partial charge in [-0.2, -0.15) is 0 Å². The number of carbonyl (C=O) groups is 2. The molecule has 1 fully saturated rings. The van der Waals surface area contributed by atoms with Gasteiger partial charge in [-0.05, 0) is 32.1 Å². The summed E-state index contributed by atoms with van der Waals surface area (Å²) in [5.74, 6) is -1.09. The summed E-state index contributed by atoms with van der Waals surface area (Å²) in [5.41, 5.74) is 0. The van der Waals surface area contributed by atoms with Gasteiger partial charge in [0.25, 0.3) is 0 Å². The van der Waals surface area contributed by atoms with Crippen LogP contribution in [0, 0.1) is 5.92 Å². The maximum absolute atomic E-state index is 11.2. The summed E-state index contributed by atoms with van der Waals surface area (Å²) in [4.78, 5) is 22.1. The summed E-state index contributed by atoms with van der Waals surface area (Å²) in [7, 11) is 0. The molecule has 1 unspecified atom stereocenters. The van der Waals surface area contributed by atoms with Crippen molar-refractivity contribution in [1.82, 2.24) is 0 Å². The number of rotatable bonds is 10. The Bertz CT molecular complexity index is 481. The predicted molar refractivity (Wildman–Crippen MR) is 89.0 cm³/mol. The molecule has 1 aliphatic heterocycles. The second-order valence-electron chi connectivity index (χ2n) is 5.05. The molecule has 1 atom stereocenters. The molecule has 0 amide bonds. The molecule has 0 aromatic rings. The molecule has 3 heteroatoms. The highest BCUT2D eigenvalue weighted by Gasteiger charge is 2.31. The van der Waals surface area contributed by atoms with E-state index in [-0.39, 0.29) is 12.3 Å². The van der Waals surface area contributed by atoms with Gasteiger partial charge in [0, 0.05) is 0 Å². The van der Waals surface area contributed by atoms with Gasteiger partial charge < -0.3 is 4.74 Å². The van der Waals surface area contributed by atoms with Gasteiger partial charge >= 0.3 is 11.9 Å². The summed E-state index contributed by atoms with van der Waals surface area (Å²) in [5, 5.41) is 0. The minimum atomic E-state index is -0.408. The number of esters is 2. The zero-order valence-electron chi connectivity index (χ0n) is 12.9. The second-order valence-corrected chi connectivity index (χ2v) is 5.05. The Morgan fingerprint density at radius 2 is 1.36 bits per heavy atom. The van der Waals surface area contributed by atoms with Crippen LogP contribution in [-0.4, -0.2) is 11.9 Å². The normalized spacial score (nSPS) is 19.2. The van der Waals surface area contributed by atoms with Crippen molar-refractivity contribution < 1.29 is 14.3 Å². The van der Waals surface area contributed by atoms with Crippen molar-refractivity contribution in [1.29, 1.82) is 0 Å². The van der Waals surface area contributed by atoms with E-state index < -0.39 is 11.9 Å². The first-order valence-corrected chi connectivity index (χ1v) is 7.69. The maximum atomic E-state index is 11.2. The topological polar surface area (TPSA) is 43.4 Å². The van der Waals surface area contributed by atoms with E-state index in [4.69, 9.17) is 0 Å². The molecule has 0 aromatic carbocycles. The molecule has 0 bridgehead atoms. The fourth-order valence-electron chi connectivity index (χ4n) is 1.97. The van der Waals surface area contributed by atoms with Gasteiger partial charge in [0.1, 0.15) is 0 Å². The van der Waals surface area contributed by atoms with Crippen molar-refractivity contribution in [2.75, 3.05) is 0 Å². The molecule has 3 nitrogen and oxygen atoms in total. The third-order valence-corrected chi connectivity index (χ3v) is 3.17. The Balaban J connectivity index is 2.05. The predicted octanol–water partition coefficient (Wildman–Crippen LogP) is 4.44. The van der Waals surface area contributed by atoms with Crippen molar-refractivity contribution in [3.8, 4) is 0 Å². The van der Waals surface area contributed by atoms with Crippen LogP contribution in [0.5, 0.6) is 0 Å². The van der Waals surface area contributed by atoms with Crippen LogP contribution in [0.1, 0.15) is 38.5 Å². The van der Waals surface area contributed by atoms with Gasteiger partial charge in [0.2, 0.25) is 0 Å². The summed E-state index contributed by atoms with van der Waals surface area (Å²) >= 11 is 0. The van der Waals surface area contributed by atoms with Gasteiger partial charge in [-0.15, -0.1) is 6.58 Å². The van der Waals surface area contributed by atoms with Crippen molar-refractivity contribution >= 4 is 11.9 Å². The van der Waals surface area contributed by atoms with E-state index in [0.717, 1.165) is 25.7 Å². The third-order valence-electron chi connectivity index (χ3n) is 3.17. The number of hydrogen-bond donors (Lipinski definition) is 0. The van der Waals surface area contributed by atoms with Crippen LogP contribution in [0.4, 0.5) is 0 Å². The Hall–Kier alpha value is -2.16. The van der Waals surface area contributed by atoms with Crippen LogP contribution in [0.3, 0.4) is 0 Å². The van der Waals surface area contributed by atoms with Crippen molar-refractivity contribution in [2.24, 2.45) is 5.92 Å². The number of hydrogen-bond acceptors (Lipinski definition) is 3. The fraction of sp³-hybridized carbons (Fsp3) is 0.368. The molecule has 0 radical (unpaired) electrons. The number of ether oxygens (including phenoxy) is 1. The highest BCUT2D eigenvalue weighted by molar-refractivity contribution is 5.94. The summed E-state index contributed by atoms with van der Waals surface area (Å²) < 4.78 is 4.49. The fourth-order valence-corrected chi connectivity index (χ4v) is 1.97. The first-order chi connectivity index (χ1) is 10.7. The minimum Gasteiger partial charge on any atom is -0.393 e. The Kier molecular flexibility index (Phi) is 9.35. The van der Waals surface area contributed by atoms with Gasteiger partial charge in [0.15, 0.2) is 0 Å². The molecule has 0 N–H and O–H groups in total. The van der Waals surface area contributed by atoms with Crippen molar-refractivity contribution in [3.05, 3.63) is 61.3 Å². The first kappa shape index (κ1) is 17.9. The molecule has 1 saturated heterocycles. The monoisotopic (exact) mass is 300 g/mol. The third kappa shape index (κ3) is 8.20. The van der Waals surface area contributed by atoms with E-state index in [0.29, 0.717) is 6.42 Å². The number of carbonyl (C=O) groups excluding carboxylic acids is 2. The van der Waals surface area contributed by atoms with Gasteiger partial charge in [-0.1, -0.05) is 54.7 Å². The molecule has 0 saturated carbocycles. The average Bonchev–Trinajstić information content (AvgIpc) is 2.82. The number of allylic oxidation sites excluding steroid dienone is 9. The highest BCUT2D eigenvalue weighted by Crippen LogP contribution is 2.19. The van der Waals surface area contributed by atoms with E-state index in [1.54, 1.807) is 0 Å². The maximum Gasteiger partial charge on any atom is 0.317 e. The molecule has 1 rings (SSSR count). The zero-order valence-corrected chi connectivity index (χ0v) is 12.9. The Labute approximate surface area is 132 Å². The standard InChI is InChI=1S/C19H24O3/c1-2-3-4-5-6-7-8-9-10-11-12-13-14-15-17-16-18(20)22-19(17)21/h2,4-5,7-8,10-11,13-14,17H,1,3,6,9,12,15-16H2/b5-4+,8-7+,11-10+,14-13+. The van der Waals surface area contributed by atoms with Gasteiger partial charge in [0.05, 0.1) is 12.3 Å². The van der Waals surface area contributed by atoms with Crippen LogP contribution in [0.15, 0.2) is 61.3 Å². The molecule has 0 aromatic heterocycles. The Morgan fingerprint density at radius 1 is 0.864 bits per heavy atom. The minimum absolute atomic E-state index is 0.213.